The molecule has 7 heavy (non-hydrogen) atoms. The van der Waals surface area contributed by atoms with Gasteiger partial charge in [0.1, 0.15) is 0 Å². The second kappa shape index (κ2) is 2.37. The summed E-state index contributed by atoms with van der Waals surface area (Å²) in [6, 6.07) is 4.04. The Labute approximate surface area is 65.5 Å². The van der Waals surface area contributed by atoms with Gasteiger partial charge < -0.3 is 0 Å². The Hall–Kier alpha value is 0.780. The van der Waals surface area contributed by atoms with Gasteiger partial charge in [0.2, 0.25) is 0 Å². The van der Waals surface area contributed by atoms with E-state index in [0.717, 1.165) is 4.21 Å². The number of hydrogen-bond acceptors (Lipinski definition) is 2. The van der Waals surface area contributed by atoms with Crippen molar-refractivity contribution >= 4 is 46.6 Å². The van der Waals surface area contributed by atoms with Crippen LogP contribution in [0.1, 0.15) is 0 Å². The zero-order chi connectivity index (χ0) is 5.28. The molecule has 0 spiro atoms. The average Bonchev–Trinajstić information content (AvgIpc) is 1.87. The van der Waals surface area contributed by atoms with Gasteiger partial charge in [-0.15, -0.1) is 24.0 Å². The Morgan fingerprint density at radius 3 is 2.43 bits per heavy atom. The average molecular weight is 242 g/mol. The van der Waals surface area contributed by atoms with Crippen molar-refractivity contribution < 1.29 is 0 Å². The Bertz CT molecular complexity index is 142. The first-order valence-electron chi connectivity index (χ1n) is 1.73. The van der Waals surface area contributed by atoms with Gasteiger partial charge in [-0.25, -0.2) is 0 Å². The third-order valence-electron chi connectivity index (χ3n) is 0.559. The van der Waals surface area contributed by atoms with Gasteiger partial charge in [0.15, 0.2) is 0 Å². The maximum atomic E-state index is 4.12. The molecule has 0 nitrogen and oxygen atoms in total. The molecule has 1 aromatic heterocycles. The van der Waals surface area contributed by atoms with Crippen LogP contribution in [0.2, 0.25) is 0 Å². The first-order chi connectivity index (χ1) is 3.29. The molecule has 0 amide bonds. The molecule has 0 unspecified atom stereocenters. The van der Waals surface area contributed by atoms with E-state index in [1.807, 2.05) is 12.1 Å². The molecule has 38 valence electrons. The van der Waals surface area contributed by atoms with Gasteiger partial charge in [-0.2, -0.15) is 0 Å². The maximum absolute atomic E-state index is 4.12. The van der Waals surface area contributed by atoms with Crippen LogP contribution in [0, 0.1) is 2.88 Å². The van der Waals surface area contributed by atoms with Crippen LogP contribution in [0.4, 0.5) is 0 Å². The van der Waals surface area contributed by atoms with Crippen molar-refractivity contribution in [3.63, 3.8) is 0 Å². The quantitative estimate of drug-likeness (QED) is 0.524. The topological polar surface area (TPSA) is 0 Å². The predicted molar refractivity (Wildman–Crippen MR) is 44.3 cm³/mol. The standard InChI is InChI=1S/C4H3IS2/c5-3-1-2-4(6)7-3/h1-2,6H. The molecule has 1 heterocycles. The maximum Gasteiger partial charge on any atom is 0.0665 e. The molecule has 0 fully saturated rings. The van der Waals surface area contributed by atoms with Crippen LogP contribution < -0.4 is 0 Å². The summed E-state index contributed by atoms with van der Waals surface area (Å²) >= 11 is 8.08. The highest BCUT2D eigenvalue weighted by molar-refractivity contribution is 14.1. The van der Waals surface area contributed by atoms with Gasteiger partial charge in [0.25, 0.3) is 0 Å². The van der Waals surface area contributed by atoms with Gasteiger partial charge in [-0.05, 0) is 34.7 Å². The number of thiol groups is 1. The highest BCUT2D eigenvalue weighted by Crippen LogP contribution is 2.20. The van der Waals surface area contributed by atoms with Gasteiger partial charge in [0, 0.05) is 0 Å². The van der Waals surface area contributed by atoms with E-state index in [0.29, 0.717) is 0 Å². The van der Waals surface area contributed by atoms with Gasteiger partial charge >= 0.3 is 0 Å². The van der Waals surface area contributed by atoms with Crippen LogP contribution in [-0.4, -0.2) is 0 Å². The molecule has 0 N–H and O–H groups in total. The van der Waals surface area contributed by atoms with Gasteiger partial charge in [-0.3, -0.25) is 0 Å². The van der Waals surface area contributed by atoms with Crippen molar-refractivity contribution in [2.45, 2.75) is 4.21 Å². The molecule has 1 rings (SSSR count). The predicted octanol–water partition coefficient (Wildman–Crippen LogP) is 2.64. The number of rotatable bonds is 0. The van der Waals surface area contributed by atoms with Crippen molar-refractivity contribution in [3.05, 3.63) is 15.0 Å². The summed E-state index contributed by atoms with van der Waals surface area (Å²) < 4.78 is 2.38. The molecule has 0 aliphatic carbocycles. The Morgan fingerprint density at radius 1 is 1.57 bits per heavy atom. The molecule has 1 aromatic rings. The number of hydrogen-bond donors (Lipinski definition) is 1. The van der Waals surface area contributed by atoms with Crippen molar-refractivity contribution in [3.8, 4) is 0 Å². The van der Waals surface area contributed by atoms with Crippen molar-refractivity contribution in [1.29, 1.82) is 0 Å². The first kappa shape index (κ1) is 5.91. The fourth-order valence-corrected chi connectivity index (χ4v) is 2.56. The minimum absolute atomic E-state index is 1.09. The van der Waals surface area contributed by atoms with E-state index >= 15 is 0 Å². The lowest BCUT2D eigenvalue weighted by Gasteiger charge is -1.69. The summed E-state index contributed by atoms with van der Waals surface area (Å²) in [5.41, 5.74) is 0. The summed E-state index contributed by atoms with van der Waals surface area (Å²) in [5.74, 6) is 0. The van der Waals surface area contributed by atoms with E-state index in [2.05, 4.69) is 35.2 Å². The van der Waals surface area contributed by atoms with E-state index in [-0.39, 0.29) is 0 Å². The second-order valence-electron chi connectivity index (χ2n) is 1.08. The molecule has 0 aliphatic heterocycles. The summed E-state index contributed by atoms with van der Waals surface area (Å²) in [7, 11) is 0. The third kappa shape index (κ3) is 1.62. The fourth-order valence-electron chi connectivity index (χ4n) is 0.305. The van der Waals surface area contributed by atoms with Gasteiger partial charge in [-0.1, -0.05) is 0 Å². The van der Waals surface area contributed by atoms with E-state index in [1.165, 1.54) is 2.88 Å². The Kier molecular flexibility index (Phi) is 2.00. The van der Waals surface area contributed by atoms with Crippen molar-refractivity contribution in [2.75, 3.05) is 0 Å². The zero-order valence-electron chi connectivity index (χ0n) is 3.39. The molecule has 0 radical (unpaired) electrons. The molecule has 3 heteroatoms. The van der Waals surface area contributed by atoms with E-state index < -0.39 is 0 Å². The van der Waals surface area contributed by atoms with Crippen LogP contribution in [0.3, 0.4) is 0 Å². The molecule has 0 saturated carbocycles. The lowest BCUT2D eigenvalue weighted by atomic mass is 10.7. The van der Waals surface area contributed by atoms with Crippen LogP contribution >= 0.6 is 46.6 Å². The Balaban J connectivity index is 3.04. The first-order valence-corrected chi connectivity index (χ1v) is 4.07. The smallest absolute Gasteiger partial charge is 0.0665 e. The van der Waals surface area contributed by atoms with E-state index in [1.54, 1.807) is 11.3 Å². The fraction of sp³-hybridized carbons (Fsp3) is 0. The van der Waals surface area contributed by atoms with Gasteiger partial charge in [0.05, 0.1) is 7.09 Å². The van der Waals surface area contributed by atoms with Crippen molar-refractivity contribution in [2.24, 2.45) is 0 Å². The minimum Gasteiger partial charge on any atom is -0.133 e. The summed E-state index contributed by atoms with van der Waals surface area (Å²) in [6.45, 7) is 0. The molecular formula is C4H3IS2. The zero-order valence-corrected chi connectivity index (χ0v) is 7.26. The van der Waals surface area contributed by atoms with Crippen LogP contribution in [0.5, 0.6) is 0 Å². The molecule has 0 aliphatic rings. The molecule has 0 aromatic carbocycles. The Morgan fingerprint density at radius 2 is 2.29 bits per heavy atom. The number of halogens is 1. The van der Waals surface area contributed by atoms with E-state index in [9.17, 15) is 0 Å². The normalized spacial score (nSPS) is 9.43. The van der Waals surface area contributed by atoms with E-state index in [4.69, 9.17) is 0 Å². The lowest BCUT2D eigenvalue weighted by molar-refractivity contribution is 1.76. The largest absolute Gasteiger partial charge is 0.133 e. The van der Waals surface area contributed by atoms with Crippen LogP contribution in [0.15, 0.2) is 16.3 Å². The number of thiophene rings is 1. The molecular weight excluding hydrogens is 239 g/mol. The second-order valence-corrected chi connectivity index (χ2v) is 4.84. The van der Waals surface area contributed by atoms with Crippen LogP contribution in [-0.2, 0) is 0 Å². The molecule has 0 saturated heterocycles. The van der Waals surface area contributed by atoms with Crippen LogP contribution in [0.25, 0.3) is 0 Å². The van der Waals surface area contributed by atoms with Crippen molar-refractivity contribution in [1.82, 2.24) is 0 Å². The highest BCUT2D eigenvalue weighted by Gasteiger charge is 1.87. The summed E-state index contributed by atoms with van der Waals surface area (Å²) in [6.07, 6.45) is 0. The minimum atomic E-state index is 1.09. The lowest BCUT2D eigenvalue weighted by Crippen LogP contribution is -1.38. The summed E-state index contributed by atoms with van der Waals surface area (Å²) in [5, 5.41) is 0. The monoisotopic (exact) mass is 242 g/mol. The molecule has 0 bridgehead atoms. The third-order valence-corrected chi connectivity index (χ3v) is 2.68. The highest BCUT2D eigenvalue weighted by atomic mass is 127. The summed E-state index contributed by atoms with van der Waals surface area (Å²) in [4.78, 5) is 0. The SMILES string of the molecule is Sc1ccc(I)s1. The molecule has 0 atom stereocenters.